The number of hydrogen-bond acceptors (Lipinski definition) is 4. The van der Waals surface area contributed by atoms with Gasteiger partial charge in [-0.25, -0.2) is 9.78 Å². The third-order valence-corrected chi connectivity index (χ3v) is 2.51. The fourth-order valence-corrected chi connectivity index (χ4v) is 1.63. The van der Waals surface area contributed by atoms with E-state index in [2.05, 4.69) is 9.72 Å². The Morgan fingerprint density at radius 2 is 1.76 bits per heavy atom. The number of carbonyl (C=O) groups is 1. The minimum atomic E-state index is -4.78. The summed E-state index contributed by atoms with van der Waals surface area (Å²) < 4.78 is 39.9. The molecule has 0 aliphatic carbocycles. The zero-order valence-corrected chi connectivity index (χ0v) is 10.4. The van der Waals surface area contributed by atoms with Gasteiger partial charge in [0.2, 0.25) is 0 Å². The third-order valence-electron chi connectivity index (χ3n) is 2.51. The quantitative estimate of drug-likeness (QED) is 0.910. The largest absolute Gasteiger partial charge is 0.573 e. The van der Waals surface area contributed by atoms with Crippen LogP contribution >= 0.6 is 0 Å². The summed E-state index contributed by atoms with van der Waals surface area (Å²) in [6.45, 7) is 0. The average Bonchev–Trinajstić information content (AvgIpc) is 2.38. The van der Waals surface area contributed by atoms with Gasteiger partial charge in [-0.05, 0) is 36.4 Å². The second-order valence-electron chi connectivity index (χ2n) is 4.01. The van der Waals surface area contributed by atoms with E-state index in [1.807, 2.05) is 0 Å². The van der Waals surface area contributed by atoms with E-state index in [-0.39, 0.29) is 22.8 Å². The first-order valence-corrected chi connectivity index (χ1v) is 5.62. The van der Waals surface area contributed by atoms with Crippen LogP contribution in [-0.2, 0) is 0 Å². The standard InChI is InChI=1S/C13H9F3N2O3/c14-13(15,16)21-8-3-1-7(2-4-8)11-9(17)5-6-10(18-11)12(19)20/h1-6H,17H2,(H,19,20). The Labute approximate surface area is 116 Å². The summed E-state index contributed by atoms with van der Waals surface area (Å²) in [5.74, 6) is -1.62. The number of rotatable bonds is 3. The minimum absolute atomic E-state index is 0.174. The van der Waals surface area contributed by atoms with Crippen LogP contribution in [0.1, 0.15) is 10.5 Å². The van der Waals surface area contributed by atoms with Crippen molar-refractivity contribution in [3.8, 4) is 17.0 Å². The molecule has 5 nitrogen and oxygen atoms in total. The first-order chi connectivity index (χ1) is 9.76. The highest BCUT2D eigenvalue weighted by atomic mass is 19.4. The molecular weight excluding hydrogens is 289 g/mol. The lowest BCUT2D eigenvalue weighted by atomic mass is 10.1. The van der Waals surface area contributed by atoms with Crippen molar-refractivity contribution < 1.29 is 27.8 Å². The molecule has 0 aliphatic rings. The number of pyridine rings is 1. The number of halogens is 3. The summed E-state index contributed by atoms with van der Waals surface area (Å²) in [6, 6.07) is 7.42. The van der Waals surface area contributed by atoms with Crippen LogP contribution < -0.4 is 10.5 Å². The Hall–Kier alpha value is -2.77. The Kier molecular flexibility index (Phi) is 3.70. The number of nitrogens with two attached hydrogens (primary N) is 1. The van der Waals surface area contributed by atoms with Gasteiger partial charge in [-0.2, -0.15) is 0 Å². The number of anilines is 1. The van der Waals surface area contributed by atoms with Crippen molar-refractivity contribution in [3.05, 3.63) is 42.1 Å². The van der Waals surface area contributed by atoms with Gasteiger partial charge >= 0.3 is 12.3 Å². The van der Waals surface area contributed by atoms with Gasteiger partial charge in [-0.15, -0.1) is 13.2 Å². The molecule has 0 radical (unpaired) electrons. The van der Waals surface area contributed by atoms with Crippen LogP contribution in [0.3, 0.4) is 0 Å². The number of hydrogen-bond donors (Lipinski definition) is 2. The Morgan fingerprint density at radius 1 is 1.14 bits per heavy atom. The second kappa shape index (κ2) is 5.31. The lowest BCUT2D eigenvalue weighted by Gasteiger charge is -2.10. The maximum atomic E-state index is 12.1. The van der Waals surface area contributed by atoms with Crippen molar-refractivity contribution in [2.45, 2.75) is 6.36 Å². The molecule has 0 atom stereocenters. The van der Waals surface area contributed by atoms with Crippen molar-refractivity contribution in [1.82, 2.24) is 4.98 Å². The number of carboxylic acids is 1. The Balaban J connectivity index is 2.34. The number of ether oxygens (including phenoxy) is 1. The monoisotopic (exact) mass is 298 g/mol. The van der Waals surface area contributed by atoms with Gasteiger partial charge in [0.05, 0.1) is 11.4 Å². The molecule has 110 valence electrons. The summed E-state index contributed by atoms with van der Waals surface area (Å²) in [7, 11) is 0. The molecule has 0 unspecified atom stereocenters. The predicted octanol–water partition coefficient (Wildman–Crippen LogP) is 2.93. The van der Waals surface area contributed by atoms with Crippen LogP contribution in [-0.4, -0.2) is 22.4 Å². The van der Waals surface area contributed by atoms with Crippen molar-refractivity contribution >= 4 is 11.7 Å². The smallest absolute Gasteiger partial charge is 0.477 e. The highest BCUT2D eigenvalue weighted by molar-refractivity contribution is 5.87. The number of aromatic carboxylic acids is 1. The molecule has 0 spiro atoms. The minimum Gasteiger partial charge on any atom is -0.477 e. The van der Waals surface area contributed by atoms with Crippen molar-refractivity contribution in [1.29, 1.82) is 0 Å². The SMILES string of the molecule is Nc1ccc(C(=O)O)nc1-c1ccc(OC(F)(F)F)cc1. The van der Waals surface area contributed by atoms with Crippen LogP contribution in [0.4, 0.5) is 18.9 Å². The molecule has 1 aromatic carbocycles. The van der Waals surface area contributed by atoms with E-state index in [4.69, 9.17) is 10.8 Å². The first-order valence-electron chi connectivity index (χ1n) is 5.62. The van der Waals surface area contributed by atoms with E-state index in [0.717, 1.165) is 12.1 Å². The molecule has 21 heavy (non-hydrogen) atoms. The van der Waals surface area contributed by atoms with Crippen LogP contribution in [0.25, 0.3) is 11.3 Å². The zero-order chi connectivity index (χ0) is 15.6. The van der Waals surface area contributed by atoms with Crippen molar-refractivity contribution in [2.75, 3.05) is 5.73 Å². The average molecular weight is 298 g/mol. The molecule has 2 rings (SSSR count). The molecule has 8 heteroatoms. The van der Waals surface area contributed by atoms with E-state index in [1.54, 1.807) is 0 Å². The summed E-state index contributed by atoms with van der Waals surface area (Å²) in [5.41, 5.74) is 6.25. The zero-order valence-electron chi connectivity index (χ0n) is 10.4. The Bertz CT molecular complexity index is 669. The van der Waals surface area contributed by atoms with Gasteiger partial charge in [-0.3, -0.25) is 0 Å². The van der Waals surface area contributed by atoms with Crippen molar-refractivity contribution in [3.63, 3.8) is 0 Å². The maximum absolute atomic E-state index is 12.1. The number of nitrogens with zero attached hydrogens (tertiary/aromatic N) is 1. The van der Waals surface area contributed by atoms with Gasteiger partial charge in [-0.1, -0.05) is 0 Å². The molecule has 1 aromatic heterocycles. The molecule has 0 amide bonds. The first kappa shape index (κ1) is 14.6. The molecule has 0 saturated heterocycles. The molecule has 0 fully saturated rings. The summed E-state index contributed by atoms with van der Waals surface area (Å²) >= 11 is 0. The van der Waals surface area contributed by atoms with Gasteiger partial charge in [0.15, 0.2) is 0 Å². The molecule has 0 saturated carbocycles. The Morgan fingerprint density at radius 3 is 2.29 bits per heavy atom. The number of aromatic nitrogens is 1. The van der Waals surface area contributed by atoms with Crippen LogP contribution in [0.5, 0.6) is 5.75 Å². The molecular formula is C13H9F3N2O3. The van der Waals surface area contributed by atoms with Crippen LogP contribution in [0, 0.1) is 0 Å². The number of carboxylic acid groups (broad SMARTS) is 1. The lowest BCUT2D eigenvalue weighted by molar-refractivity contribution is -0.274. The number of alkyl halides is 3. The molecule has 3 N–H and O–H groups in total. The summed E-state index contributed by atoms with van der Waals surface area (Å²) in [6.07, 6.45) is -4.78. The summed E-state index contributed by atoms with van der Waals surface area (Å²) in [4.78, 5) is 14.7. The maximum Gasteiger partial charge on any atom is 0.573 e. The van der Waals surface area contributed by atoms with E-state index < -0.39 is 12.3 Å². The van der Waals surface area contributed by atoms with Crippen LogP contribution in [0.2, 0.25) is 0 Å². The van der Waals surface area contributed by atoms with E-state index in [1.165, 1.54) is 24.3 Å². The molecule has 1 heterocycles. The van der Waals surface area contributed by atoms with Gasteiger partial charge in [0, 0.05) is 5.56 Å². The number of benzene rings is 1. The fourth-order valence-electron chi connectivity index (χ4n) is 1.63. The van der Waals surface area contributed by atoms with Gasteiger partial charge in [0.25, 0.3) is 0 Å². The normalized spacial score (nSPS) is 11.2. The number of nitrogen functional groups attached to an aromatic ring is 1. The van der Waals surface area contributed by atoms with Crippen molar-refractivity contribution in [2.24, 2.45) is 0 Å². The molecule has 0 aliphatic heterocycles. The highest BCUT2D eigenvalue weighted by Crippen LogP contribution is 2.28. The highest BCUT2D eigenvalue weighted by Gasteiger charge is 2.31. The van der Waals surface area contributed by atoms with E-state index >= 15 is 0 Å². The summed E-state index contributed by atoms with van der Waals surface area (Å²) in [5, 5.41) is 8.87. The van der Waals surface area contributed by atoms with Gasteiger partial charge in [0.1, 0.15) is 11.4 Å². The topological polar surface area (TPSA) is 85.4 Å². The lowest BCUT2D eigenvalue weighted by Crippen LogP contribution is -2.16. The van der Waals surface area contributed by atoms with E-state index in [0.29, 0.717) is 5.56 Å². The molecule has 2 aromatic rings. The van der Waals surface area contributed by atoms with Crippen LogP contribution in [0.15, 0.2) is 36.4 Å². The fraction of sp³-hybridized carbons (Fsp3) is 0.0769. The predicted molar refractivity (Wildman–Crippen MR) is 67.7 cm³/mol. The third kappa shape index (κ3) is 3.62. The molecule has 0 bridgehead atoms. The van der Waals surface area contributed by atoms with Gasteiger partial charge < -0.3 is 15.6 Å². The van der Waals surface area contributed by atoms with E-state index in [9.17, 15) is 18.0 Å². The second-order valence-corrected chi connectivity index (χ2v) is 4.01.